The molecule has 3 N–H and O–H groups in total. The van der Waals surface area contributed by atoms with Crippen LogP contribution in [0.1, 0.15) is 160 Å². The van der Waals surface area contributed by atoms with Gasteiger partial charge in [-0.3, -0.25) is 14.6 Å². The van der Waals surface area contributed by atoms with Crippen LogP contribution in [-0.2, 0) is 7.05 Å². The number of hydrogen-bond donors (Lipinski definition) is 3. The first-order valence-corrected chi connectivity index (χ1v) is 45.9. The third-order valence-electron chi connectivity index (χ3n) is 22.3. The van der Waals surface area contributed by atoms with Crippen LogP contribution in [0.15, 0.2) is 259 Å². The predicted octanol–water partition coefficient (Wildman–Crippen LogP) is 30.2. The Labute approximate surface area is 775 Å². The van der Waals surface area contributed by atoms with E-state index in [1.807, 2.05) is 130 Å². The lowest BCUT2D eigenvalue weighted by Crippen LogP contribution is -2.57. The molecule has 14 aromatic heterocycles. The second-order valence-corrected chi connectivity index (χ2v) is 38.3. The highest BCUT2D eigenvalue weighted by Crippen LogP contribution is 2.72. The van der Waals surface area contributed by atoms with E-state index in [1.165, 1.54) is 161 Å². The molecule has 0 saturated heterocycles. The second kappa shape index (κ2) is 44.6. The summed E-state index contributed by atoms with van der Waals surface area (Å²) in [5, 5.41) is 14.9. The molecule has 14 heterocycles. The van der Waals surface area contributed by atoms with Crippen molar-refractivity contribution in [1.29, 1.82) is 0 Å². The van der Waals surface area contributed by atoms with Gasteiger partial charge in [-0.2, -0.15) is 5.10 Å². The number of aromatic amines is 3. The summed E-state index contributed by atoms with van der Waals surface area (Å²) in [7, 11) is 1.91. The van der Waals surface area contributed by atoms with Crippen molar-refractivity contribution in [2.75, 3.05) is 0 Å². The van der Waals surface area contributed by atoms with E-state index in [2.05, 4.69) is 352 Å². The summed E-state index contributed by atoms with van der Waals surface area (Å²) in [4.78, 5) is 44.7. The number of rotatable bonds is 0. The molecule has 130 heavy (non-hydrogen) atoms. The smallest absolute Gasteiger partial charge is 0.191 e. The number of furan rings is 1. The molecule has 18 heteroatoms. The molecular weight excluding hydrogens is 1640 g/mol. The highest BCUT2D eigenvalue weighted by atomic mass is 32.1. The number of benzene rings is 7. The van der Waals surface area contributed by atoms with Gasteiger partial charge in [-0.15, -0.1) is 22.7 Å². The van der Waals surface area contributed by atoms with Crippen LogP contribution in [0.25, 0.3) is 92.3 Å². The van der Waals surface area contributed by atoms with E-state index in [9.17, 15) is 0 Å². The molecule has 0 aliphatic heterocycles. The van der Waals surface area contributed by atoms with Gasteiger partial charge in [0.25, 0.3) is 0 Å². The third-order valence-corrected chi connectivity index (χ3v) is 24.0. The molecule has 670 valence electrons. The van der Waals surface area contributed by atoms with E-state index in [0.29, 0.717) is 0 Å². The topological polar surface area (TPSA) is 199 Å². The Morgan fingerprint density at radius 1 is 0.362 bits per heavy atom. The van der Waals surface area contributed by atoms with Crippen molar-refractivity contribution >= 4 is 115 Å². The highest BCUT2D eigenvalue weighted by molar-refractivity contribution is 7.18. The fourth-order valence-corrected chi connectivity index (χ4v) is 17.7. The van der Waals surface area contributed by atoms with Gasteiger partial charge in [0, 0.05) is 140 Å². The summed E-state index contributed by atoms with van der Waals surface area (Å²) in [6.07, 6.45) is 27.8. The molecule has 0 amide bonds. The minimum Gasteiger partial charge on any atom is -0.464 e. The van der Waals surface area contributed by atoms with Crippen LogP contribution in [0.5, 0.6) is 0 Å². The van der Waals surface area contributed by atoms with Gasteiger partial charge in [-0.05, 0) is 351 Å². The zero-order valence-electron chi connectivity index (χ0n) is 80.8. The van der Waals surface area contributed by atoms with E-state index in [-0.39, 0.29) is 0 Å². The molecule has 3 saturated carbocycles. The molecule has 0 spiro atoms. The van der Waals surface area contributed by atoms with Crippen molar-refractivity contribution < 1.29 is 8.83 Å². The monoisotopic (exact) mass is 1760 g/mol. The quantitative estimate of drug-likeness (QED) is 0.131. The number of nitrogens with one attached hydrogen (secondary N) is 3. The van der Waals surface area contributed by atoms with E-state index >= 15 is 0 Å². The van der Waals surface area contributed by atoms with Gasteiger partial charge in [0.05, 0.1) is 55.4 Å². The molecule has 3 aliphatic carbocycles. The van der Waals surface area contributed by atoms with Gasteiger partial charge in [-0.1, -0.05) is 105 Å². The minimum absolute atomic E-state index is 0.734. The van der Waals surface area contributed by atoms with Gasteiger partial charge in [0.15, 0.2) is 5.89 Å². The SMILES string of the molecule is CC12CC(C)(C1)C2.Cc1ccc2c(C)c[nH]c2c1.Cc1ccc2c(C)c[nH]c2c1.Cc1ccc2c(C)c[nH]c2n1.Cc1ccc2c(C)ccn2c1.Cc1ccc2c(C)coc2c1.Cc1ccc2ccc(C)nc2c1.Cc1ccc2cnc(C)nc2c1.Cc1ccc2nc(C)sc2c1.Cc1cnc(C)o1.Cc1cnc(C)s1.Cc1cnc2cc(C)ccc2c1.Cc1cnn(C)c1. The van der Waals surface area contributed by atoms with Crippen molar-refractivity contribution in [2.24, 2.45) is 17.9 Å². The number of fused-ring (bicyclic) bond motifs is 9. The Hall–Kier alpha value is -13.3. The van der Waals surface area contributed by atoms with E-state index < -0.39 is 0 Å². The average molecular weight is 1770 g/mol. The first-order valence-electron chi connectivity index (χ1n) is 44.3. The number of H-pyrrole nitrogens is 3. The lowest BCUT2D eigenvalue weighted by Gasteiger charge is -2.68. The zero-order chi connectivity index (χ0) is 93.7. The number of aromatic nitrogens is 14. The molecule has 16 nitrogen and oxygen atoms in total. The molecule has 3 fully saturated rings. The first kappa shape index (κ1) is 97.3. The molecule has 3 aliphatic rings. The van der Waals surface area contributed by atoms with Crippen LogP contribution < -0.4 is 0 Å². The largest absolute Gasteiger partial charge is 0.464 e. The Kier molecular flexibility index (Phi) is 33.4. The number of aryl methyl sites for hydroxylation is 24. The van der Waals surface area contributed by atoms with Gasteiger partial charge in [0.2, 0.25) is 0 Å². The van der Waals surface area contributed by atoms with Crippen LogP contribution >= 0.6 is 22.7 Å². The van der Waals surface area contributed by atoms with Crippen LogP contribution in [-0.4, -0.2) is 69.0 Å². The maximum Gasteiger partial charge on any atom is 0.191 e. The van der Waals surface area contributed by atoms with E-state index in [1.54, 1.807) is 39.8 Å². The van der Waals surface area contributed by atoms with Crippen LogP contribution in [0.2, 0.25) is 0 Å². The van der Waals surface area contributed by atoms with Crippen molar-refractivity contribution in [3.63, 3.8) is 0 Å². The molecule has 21 aromatic rings. The number of pyridine rings is 4. The molecule has 0 atom stereocenters. The maximum atomic E-state index is 5.33. The molecule has 0 unspecified atom stereocenters. The number of nitrogens with zero attached hydrogens (tertiary/aromatic N) is 11. The standard InChI is InChI=1S/2C11H11N.C10H10N2.3C10H11N.C10H10O.C9H10N2.C9H9NS.C7H12.C5H8N2.C5H7NO.C5H7NS/c1-8-3-5-10-6-4-9(2)12-11(10)7-8;1-8-3-4-10-5-9(2)7-12-11(10)6-8;1-7-3-4-9-6-11-8(2)12-10(9)5-7;2*1-7-3-4-9-8(2)6-11-10(9)5-7;1-8-3-4-10-9(2)5-6-11(10)7-8;1-7-3-4-9-8(2)6-11-10(9)5-7;1-6-5-10-9-8(6)4-3-7(2)11-9;1-6-3-4-8-9(5-6)11-7(2)10-8;1-6-3-7(2,4-6)5-6;1-5-3-6-7(2)4-5;2*1-4-3-6-5(2)7-4/h2*3-7H,1-2H3;3-6H,1-2H3;2*3-6,11H,1-2H3;3-7H,1-2H3;3-6H,1-2H3;3-5H,1-2H3,(H,10,11);3-5H,1-2H3;3-5H2,1-2H3;3-4H,1-2H3;2*3H,1-2H3. The molecule has 2 bridgehead atoms. The van der Waals surface area contributed by atoms with Gasteiger partial charge >= 0.3 is 0 Å². The average Bonchev–Trinajstić information content (AvgIpc) is 0.838. The summed E-state index contributed by atoms with van der Waals surface area (Å²) in [5.74, 6) is 2.43. The van der Waals surface area contributed by atoms with Gasteiger partial charge in [-0.25, -0.2) is 29.9 Å². The summed E-state index contributed by atoms with van der Waals surface area (Å²) in [6, 6.07) is 61.3. The zero-order valence-corrected chi connectivity index (χ0v) is 82.5. The molecule has 24 rings (SSSR count). The molecular formula is C112H128N14O2S2. The summed E-state index contributed by atoms with van der Waals surface area (Å²) in [6.45, 7) is 51.8. The molecule has 7 aromatic carbocycles. The Morgan fingerprint density at radius 2 is 0.892 bits per heavy atom. The normalized spacial score (nSPS) is 13.4. The lowest BCUT2D eigenvalue weighted by molar-refractivity contribution is -0.176. The number of thiazole rings is 2. The second-order valence-electron chi connectivity index (χ2n) is 35.6. The first-order chi connectivity index (χ1) is 61.9. The van der Waals surface area contributed by atoms with Gasteiger partial charge in [0.1, 0.15) is 22.8 Å². The van der Waals surface area contributed by atoms with Crippen molar-refractivity contribution in [2.45, 2.75) is 192 Å². The van der Waals surface area contributed by atoms with Crippen LogP contribution in [0.3, 0.4) is 0 Å². The fourth-order valence-electron chi connectivity index (χ4n) is 16.1. The highest BCUT2D eigenvalue weighted by Gasteiger charge is 2.61. The minimum atomic E-state index is 0.734. The van der Waals surface area contributed by atoms with Gasteiger partial charge < -0.3 is 28.2 Å². The number of hydrogen-bond acceptors (Lipinski definition) is 13. The van der Waals surface area contributed by atoms with E-state index in [4.69, 9.17) is 8.83 Å². The Bertz CT molecular complexity index is 6460. The van der Waals surface area contributed by atoms with Crippen molar-refractivity contribution in [3.8, 4) is 0 Å². The summed E-state index contributed by atoms with van der Waals surface area (Å²) >= 11 is 3.49. The Morgan fingerprint density at radius 3 is 1.45 bits per heavy atom. The van der Waals surface area contributed by atoms with Crippen molar-refractivity contribution in [1.82, 2.24) is 69.0 Å². The van der Waals surface area contributed by atoms with Crippen molar-refractivity contribution in [3.05, 3.63) is 378 Å². The number of oxazole rings is 1. The summed E-state index contributed by atoms with van der Waals surface area (Å²) < 4.78 is 15.5. The summed E-state index contributed by atoms with van der Waals surface area (Å²) in [5.41, 5.74) is 33.0. The lowest BCUT2D eigenvalue weighted by atomic mass is 9.37. The fraction of sp³-hybridized carbons (Fsp3) is 0.277. The van der Waals surface area contributed by atoms with Crippen LogP contribution in [0, 0.1) is 170 Å². The predicted molar refractivity (Wildman–Crippen MR) is 550 cm³/mol. The third kappa shape index (κ3) is 28.4. The van der Waals surface area contributed by atoms with Crippen LogP contribution in [0.4, 0.5) is 0 Å². The Balaban J connectivity index is 0.000000137. The molecule has 0 radical (unpaired) electrons. The van der Waals surface area contributed by atoms with E-state index in [0.717, 1.165) is 88.4 Å². The maximum absolute atomic E-state index is 5.33.